The molecule has 282 valence electrons. The lowest BCUT2D eigenvalue weighted by Gasteiger charge is -2.11. The van der Waals surface area contributed by atoms with Crippen molar-refractivity contribution in [3.8, 4) is 101 Å². The summed E-state index contributed by atoms with van der Waals surface area (Å²) in [4.78, 5) is 25.2. The van der Waals surface area contributed by atoms with E-state index in [0.717, 1.165) is 78.1 Å². The van der Waals surface area contributed by atoms with E-state index in [1.165, 1.54) is 0 Å². The molecule has 5 heteroatoms. The van der Waals surface area contributed by atoms with Crippen LogP contribution in [0, 0.1) is 0 Å². The van der Waals surface area contributed by atoms with Crippen molar-refractivity contribution in [1.82, 2.24) is 24.9 Å². The first-order chi connectivity index (χ1) is 29.7. The Bertz CT molecular complexity index is 2870. The highest BCUT2D eigenvalue weighted by atomic mass is 15.0. The van der Waals surface area contributed by atoms with Gasteiger partial charge in [-0.3, -0.25) is 0 Å². The third kappa shape index (κ3) is 7.76. The van der Waals surface area contributed by atoms with Crippen molar-refractivity contribution in [2.75, 3.05) is 0 Å². The van der Waals surface area contributed by atoms with E-state index in [-0.39, 0.29) is 0 Å². The molecule has 0 spiro atoms. The van der Waals surface area contributed by atoms with Crippen molar-refractivity contribution in [3.63, 3.8) is 0 Å². The van der Waals surface area contributed by atoms with Crippen LogP contribution in [0.5, 0.6) is 0 Å². The van der Waals surface area contributed by atoms with Gasteiger partial charge in [-0.25, -0.2) is 24.9 Å². The molecule has 0 aliphatic heterocycles. The molecule has 8 aromatic carbocycles. The quantitative estimate of drug-likeness (QED) is 0.146. The molecule has 0 saturated carbocycles. The standard InChI is InChI=1S/C55H37N5/c1-5-14-38(15-6-1)40-24-30-45(31-25-40)53-58-54(46-32-26-41(27-33-46)39-16-7-2-8-17-39)60-55(59-53)47-34-28-42(29-35-47)48-22-13-23-49(36-48)51-37-50(43-18-9-3-10-19-43)56-52(57-51)44-20-11-4-12-21-44/h1-37H. The summed E-state index contributed by atoms with van der Waals surface area (Å²) in [6, 6.07) is 77.0. The molecule has 0 aliphatic rings. The topological polar surface area (TPSA) is 64.5 Å². The summed E-state index contributed by atoms with van der Waals surface area (Å²) >= 11 is 0. The van der Waals surface area contributed by atoms with Crippen molar-refractivity contribution in [3.05, 3.63) is 224 Å². The minimum absolute atomic E-state index is 0.609. The highest BCUT2D eigenvalue weighted by molar-refractivity contribution is 5.78. The maximum Gasteiger partial charge on any atom is 0.164 e. The predicted molar refractivity (Wildman–Crippen MR) is 244 cm³/mol. The third-order valence-corrected chi connectivity index (χ3v) is 10.6. The van der Waals surface area contributed by atoms with E-state index in [1.54, 1.807) is 0 Å². The van der Waals surface area contributed by atoms with Gasteiger partial charge in [-0.15, -0.1) is 0 Å². The summed E-state index contributed by atoms with van der Waals surface area (Å²) in [5.41, 5.74) is 14.3. The maximum absolute atomic E-state index is 5.06. The van der Waals surface area contributed by atoms with Gasteiger partial charge in [-0.05, 0) is 45.5 Å². The van der Waals surface area contributed by atoms with Crippen molar-refractivity contribution in [1.29, 1.82) is 0 Å². The van der Waals surface area contributed by atoms with Crippen molar-refractivity contribution in [2.24, 2.45) is 0 Å². The lowest BCUT2D eigenvalue weighted by molar-refractivity contribution is 1.07. The Morgan fingerprint density at radius 3 is 0.867 bits per heavy atom. The molecule has 0 amide bonds. The zero-order valence-corrected chi connectivity index (χ0v) is 32.6. The smallest absolute Gasteiger partial charge is 0.164 e. The van der Waals surface area contributed by atoms with Crippen LogP contribution in [0.3, 0.4) is 0 Å². The molecule has 0 aliphatic carbocycles. The monoisotopic (exact) mass is 767 g/mol. The molecule has 10 rings (SSSR count). The van der Waals surface area contributed by atoms with Crippen LogP contribution in [0.2, 0.25) is 0 Å². The molecule has 0 N–H and O–H groups in total. The Hall–Kier alpha value is -8.15. The molecule has 5 nitrogen and oxygen atoms in total. The van der Waals surface area contributed by atoms with Crippen molar-refractivity contribution in [2.45, 2.75) is 0 Å². The van der Waals surface area contributed by atoms with E-state index in [9.17, 15) is 0 Å². The number of nitrogens with zero attached hydrogens (tertiary/aromatic N) is 5. The van der Waals surface area contributed by atoms with Crippen LogP contribution in [0.1, 0.15) is 0 Å². The molecule has 2 heterocycles. The first kappa shape index (κ1) is 36.2. The molecule has 0 unspecified atom stereocenters. The average molecular weight is 768 g/mol. The second kappa shape index (κ2) is 16.4. The molecule has 0 bridgehead atoms. The zero-order chi connectivity index (χ0) is 40.1. The fourth-order valence-corrected chi connectivity index (χ4v) is 7.39. The summed E-state index contributed by atoms with van der Waals surface area (Å²) in [5.74, 6) is 2.54. The lowest BCUT2D eigenvalue weighted by atomic mass is 9.99. The molecule has 0 radical (unpaired) electrons. The summed E-state index contributed by atoms with van der Waals surface area (Å²) in [6.07, 6.45) is 0. The molecular formula is C55H37N5. The fourth-order valence-electron chi connectivity index (χ4n) is 7.39. The number of hydrogen-bond donors (Lipinski definition) is 0. The second-order valence-corrected chi connectivity index (χ2v) is 14.5. The van der Waals surface area contributed by atoms with Crippen LogP contribution < -0.4 is 0 Å². The third-order valence-electron chi connectivity index (χ3n) is 10.6. The number of benzene rings is 8. The number of rotatable bonds is 9. The van der Waals surface area contributed by atoms with E-state index < -0.39 is 0 Å². The van der Waals surface area contributed by atoms with Gasteiger partial charge in [-0.1, -0.05) is 212 Å². The molecule has 10 aromatic rings. The van der Waals surface area contributed by atoms with Gasteiger partial charge in [0, 0.05) is 33.4 Å². The normalized spacial score (nSPS) is 11.0. The second-order valence-electron chi connectivity index (χ2n) is 14.5. The SMILES string of the molecule is c1ccc(-c2ccc(-c3nc(-c4ccc(-c5ccccc5)cc4)nc(-c4ccc(-c5cccc(-c6cc(-c7ccccc7)nc(-c7ccccc7)n6)c5)cc4)n3)cc2)cc1. The molecule has 0 atom stereocenters. The van der Waals surface area contributed by atoms with Gasteiger partial charge in [0.05, 0.1) is 11.4 Å². The minimum atomic E-state index is 0.609. The first-order valence-corrected chi connectivity index (χ1v) is 20.0. The van der Waals surface area contributed by atoms with Gasteiger partial charge in [-0.2, -0.15) is 0 Å². The van der Waals surface area contributed by atoms with E-state index in [4.69, 9.17) is 24.9 Å². The predicted octanol–water partition coefficient (Wildman–Crippen LogP) is 13.7. The Morgan fingerprint density at radius 2 is 0.433 bits per heavy atom. The van der Waals surface area contributed by atoms with E-state index in [0.29, 0.717) is 23.3 Å². The maximum atomic E-state index is 5.06. The average Bonchev–Trinajstić information content (AvgIpc) is 3.35. The van der Waals surface area contributed by atoms with Crippen LogP contribution in [0.4, 0.5) is 0 Å². The van der Waals surface area contributed by atoms with Crippen molar-refractivity contribution < 1.29 is 0 Å². The Balaban J connectivity index is 0.999. The fraction of sp³-hybridized carbons (Fsp3) is 0. The summed E-state index contributed by atoms with van der Waals surface area (Å²) in [5, 5.41) is 0. The molecule has 2 aromatic heterocycles. The van der Waals surface area contributed by atoms with E-state index in [2.05, 4.69) is 164 Å². The minimum Gasteiger partial charge on any atom is -0.228 e. The Labute approximate surface area is 349 Å². The molecular weight excluding hydrogens is 731 g/mol. The van der Waals surface area contributed by atoms with Crippen LogP contribution in [0.25, 0.3) is 101 Å². The summed E-state index contributed by atoms with van der Waals surface area (Å²) in [7, 11) is 0. The van der Waals surface area contributed by atoms with Crippen molar-refractivity contribution >= 4 is 0 Å². The largest absolute Gasteiger partial charge is 0.228 e. The van der Waals surface area contributed by atoms with Gasteiger partial charge in [0.15, 0.2) is 23.3 Å². The van der Waals surface area contributed by atoms with Crippen LogP contribution in [-0.4, -0.2) is 24.9 Å². The van der Waals surface area contributed by atoms with Gasteiger partial charge >= 0.3 is 0 Å². The zero-order valence-electron chi connectivity index (χ0n) is 32.6. The lowest BCUT2D eigenvalue weighted by Crippen LogP contribution is -2.00. The molecule has 0 saturated heterocycles. The van der Waals surface area contributed by atoms with E-state index in [1.807, 2.05) is 60.7 Å². The first-order valence-electron chi connectivity index (χ1n) is 20.0. The van der Waals surface area contributed by atoms with E-state index >= 15 is 0 Å². The molecule has 60 heavy (non-hydrogen) atoms. The van der Waals surface area contributed by atoms with Crippen LogP contribution >= 0.6 is 0 Å². The molecule has 0 fully saturated rings. The van der Waals surface area contributed by atoms with Crippen LogP contribution in [-0.2, 0) is 0 Å². The summed E-state index contributed by atoms with van der Waals surface area (Å²) in [6.45, 7) is 0. The number of hydrogen-bond acceptors (Lipinski definition) is 5. The highest BCUT2D eigenvalue weighted by Gasteiger charge is 2.15. The Morgan fingerprint density at radius 1 is 0.167 bits per heavy atom. The van der Waals surface area contributed by atoms with Gasteiger partial charge in [0.1, 0.15) is 0 Å². The van der Waals surface area contributed by atoms with Gasteiger partial charge < -0.3 is 0 Å². The van der Waals surface area contributed by atoms with Gasteiger partial charge in [0.25, 0.3) is 0 Å². The number of aromatic nitrogens is 5. The Kier molecular flexibility index (Phi) is 9.88. The highest BCUT2D eigenvalue weighted by Crippen LogP contribution is 2.33. The van der Waals surface area contributed by atoms with Gasteiger partial charge in [0.2, 0.25) is 0 Å². The summed E-state index contributed by atoms with van der Waals surface area (Å²) < 4.78 is 0. The van der Waals surface area contributed by atoms with Crippen LogP contribution in [0.15, 0.2) is 224 Å².